The molecule has 0 aliphatic heterocycles. The monoisotopic (exact) mass is 317 g/mol. The van der Waals surface area contributed by atoms with Crippen molar-refractivity contribution in [2.45, 2.75) is 39.7 Å². The molecule has 3 nitrogen and oxygen atoms in total. The molecule has 20 heavy (non-hydrogen) atoms. The lowest BCUT2D eigenvalue weighted by Crippen LogP contribution is -2.24. The van der Waals surface area contributed by atoms with Crippen LogP contribution >= 0.6 is 23.8 Å². The largest absolute Gasteiger partial charge is 0.481 e. The minimum absolute atomic E-state index is 0.0791. The molecule has 0 bridgehead atoms. The van der Waals surface area contributed by atoms with Gasteiger partial charge in [0.1, 0.15) is 11.4 Å². The Balaban J connectivity index is 2.95. The van der Waals surface area contributed by atoms with Gasteiger partial charge < -0.3 is 10.1 Å². The second-order valence-electron chi connectivity index (χ2n) is 5.37. The van der Waals surface area contributed by atoms with Crippen LogP contribution in [-0.2, 0) is 16.0 Å². The Morgan fingerprint density at radius 2 is 2.05 bits per heavy atom. The van der Waals surface area contributed by atoms with E-state index < -0.39 is 11.4 Å². The summed E-state index contributed by atoms with van der Waals surface area (Å²) in [4.78, 5) is 11.0. The number of amides is 1. The molecule has 1 aromatic carbocycles. The molecular weight excluding hydrogens is 301 g/mol. The molecule has 0 aromatic heterocycles. The van der Waals surface area contributed by atoms with E-state index in [0.29, 0.717) is 10.6 Å². The highest BCUT2D eigenvalue weighted by Crippen LogP contribution is 2.25. The summed E-state index contributed by atoms with van der Waals surface area (Å²) in [6.07, 6.45) is 0.276. The molecule has 6 heteroatoms. The first-order valence-electron chi connectivity index (χ1n) is 6.06. The molecule has 0 saturated carbocycles. The van der Waals surface area contributed by atoms with Crippen LogP contribution in [-0.4, -0.2) is 16.6 Å². The van der Waals surface area contributed by atoms with Crippen LogP contribution in [0.3, 0.4) is 0 Å². The van der Waals surface area contributed by atoms with Gasteiger partial charge in [0.15, 0.2) is 5.05 Å². The van der Waals surface area contributed by atoms with E-state index in [-0.39, 0.29) is 23.0 Å². The van der Waals surface area contributed by atoms with Gasteiger partial charge in [-0.05, 0) is 50.7 Å². The first-order valence-corrected chi connectivity index (χ1v) is 6.84. The van der Waals surface area contributed by atoms with Gasteiger partial charge in [0.2, 0.25) is 5.91 Å². The molecule has 0 heterocycles. The number of halogens is 2. The van der Waals surface area contributed by atoms with E-state index >= 15 is 0 Å². The Labute approximate surface area is 128 Å². The third-order valence-electron chi connectivity index (χ3n) is 2.20. The first-order chi connectivity index (χ1) is 9.08. The Hall–Kier alpha value is -1.20. The van der Waals surface area contributed by atoms with Crippen LogP contribution in [0.1, 0.15) is 33.3 Å². The molecular formula is C14H17ClFNO2S. The maximum absolute atomic E-state index is 13.6. The van der Waals surface area contributed by atoms with Gasteiger partial charge in [-0.1, -0.05) is 11.6 Å². The summed E-state index contributed by atoms with van der Waals surface area (Å²) in [5, 5.41) is 3.01. The SMILES string of the molecule is CC(=O)Nc1cc(CC(=S)OC(C)(C)C)c(Cl)cc1F. The minimum atomic E-state index is -0.586. The fourth-order valence-electron chi connectivity index (χ4n) is 1.55. The lowest BCUT2D eigenvalue weighted by molar-refractivity contribution is -0.114. The minimum Gasteiger partial charge on any atom is -0.481 e. The van der Waals surface area contributed by atoms with Crippen LogP contribution in [0.4, 0.5) is 10.1 Å². The van der Waals surface area contributed by atoms with Crippen molar-refractivity contribution < 1.29 is 13.9 Å². The second-order valence-corrected chi connectivity index (χ2v) is 6.23. The van der Waals surface area contributed by atoms with Gasteiger partial charge in [-0.25, -0.2) is 4.39 Å². The average molecular weight is 318 g/mol. The van der Waals surface area contributed by atoms with E-state index in [4.69, 9.17) is 28.6 Å². The maximum Gasteiger partial charge on any atom is 0.221 e. The van der Waals surface area contributed by atoms with Gasteiger partial charge in [0, 0.05) is 18.4 Å². The molecule has 0 spiro atoms. The van der Waals surface area contributed by atoms with Crippen molar-refractivity contribution in [3.8, 4) is 0 Å². The molecule has 0 radical (unpaired) electrons. The Bertz CT molecular complexity index is 541. The van der Waals surface area contributed by atoms with E-state index in [9.17, 15) is 9.18 Å². The Morgan fingerprint density at radius 1 is 1.45 bits per heavy atom. The number of hydrogen-bond acceptors (Lipinski definition) is 3. The zero-order chi connectivity index (χ0) is 15.5. The van der Waals surface area contributed by atoms with Crippen LogP contribution in [0.5, 0.6) is 0 Å². The quantitative estimate of drug-likeness (QED) is 0.852. The topological polar surface area (TPSA) is 38.3 Å². The summed E-state index contributed by atoms with van der Waals surface area (Å²) in [5.74, 6) is -0.942. The lowest BCUT2D eigenvalue weighted by atomic mass is 10.1. The predicted molar refractivity (Wildman–Crippen MR) is 82.9 cm³/mol. The van der Waals surface area contributed by atoms with Gasteiger partial charge >= 0.3 is 0 Å². The van der Waals surface area contributed by atoms with Gasteiger partial charge in [-0.15, -0.1) is 0 Å². The highest BCUT2D eigenvalue weighted by Gasteiger charge is 2.16. The number of rotatable bonds is 3. The number of thiocarbonyl (C=S) groups is 1. The van der Waals surface area contributed by atoms with E-state index in [1.807, 2.05) is 20.8 Å². The number of anilines is 1. The molecule has 1 aromatic rings. The van der Waals surface area contributed by atoms with Crippen LogP contribution in [0, 0.1) is 5.82 Å². The number of nitrogens with one attached hydrogen (secondary N) is 1. The fraction of sp³-hybridized carbons (Fsp3) is 0.429. The van der Waals surface area contributed by atoms with E-state index in [1.165, 1.54) is 13.0 Å². The molecule has 1 rings (SSSR count). The van der Waals surface area contributed by atoms with Crippen LogP contribution in [0.25, 0.3) is 0 Å². The van der Waals surface area contributed by atoms with Crippen molar-refractivity contribution in [3.63, 3.8) is 0 Å². The number of ether oxygens (including phenoxy) is 1. The molecule has 110 valence electrons. The van der Waals surface area contributed by atoms with Gasteiger partial charge in [-0.3, -0.25) is 4.79 Å². The van der Waals surface area contributed by atoms with Crippen molar-refractivity contribution in [1.29, 1.82) is 0 Å². The number of carbonyl (C=O) groups is 1. The molecule has 0 unspecified atom stereocenters. The zero-order valence-electron chi connectivity index (χ0n) is 11.8. The lowest BCUT2D eigenvalue weighted by Gasteiger charge is -2.22. The first kappa shape index (κ1) is 16.9. The van der Waals surface area contributed by atoms with Crippen molar-refractivity contribution in [2.75, 3.05) is 5.32 Å². The third-order valence-corrected chi connectivity index (χ3v) is 2.78. The zero-order valence-corrected chi connectivity index (χ0v) is 13.4. The normalized spacial score (nSPS) is 11.1. The Kier molecular flexibility index (Phi) is 5.48. The van der Waals surface area contributed by atoms with E-state index in [1.54, 1.807) is 0 Å². The molecule has 0 aliphatic carbocycles. The van der Waals surface area contributed by atoms with Gasteiger partial charge in [0.25, 0.3) is 0 Å². The molecule has 1 amide bonds. The smallest absolute Gasteiger partial charge is 0.221 e. The Morgan fingerprint density at radius 3 is 2.55 bits per heavy atom. The standard InChI is InChI=1S/C14H17ClFNO2S/c1-8(18)17-12-5-9(10(15)7-11(12)16)6-13(20)19-14(2,3)4/h5,7H,6H2,1-4H3,(H,17,18). The molecule has 0 saturated heterocycles. The number of carbonyl (C=O) groups excluding carboxylic acids is 1. The summed E-state index contributed by atoms with van der Waals surface area (Å²) in [6, 6.07) is 2.62. The van der Waals surface area contributed by atoms with Gasteiger partial charge in [-0.2, -0.15) is 0 Å². The summed E-state index contributed by atoms with van der Waals surface area (Å²) < 4.78 is 19.2. The van der Waals surface area contributed by atoms with E-state index in [0.717, 1.165) is 6.07 Å². The second kappa shape index (κ2) is 6.50. The van der Waals surface area contributed by atoms with Crippen molar-refractivity contribution in [1.82, 2.24) is 0 Å². The summed E-state index contributed by atoms with van der Waals surface area (Å²) in [5.41, 5.74) is 0.283. The number of benzene rings is 1. The van der Waals surface area contributed by atoms with Crippen molar-refractivity contribution in [3.05, 3.63) is 28.5 Å². The van der Waals surface area contributed by atoms with Crippen LogP contribution in [0.15, 0.2) is 12.1 Å². The van der Waals surface area contributed by atoms with Crippen molar-refractivity contribution in [2.24, 2.45) is 0 Å². The summed E-state index contributed by atoms with van der Waals surface area (Å²) in [7, 11) is 0. The van der Waals surface area contributed by atoms with Gasteiger partial charge in [0.05, 0.1) is 5.69 Å². The predicted octanol–water partition coefficient (Wildman–Crippen LogP) is 4.12. The van der Waals surface area contributed by atoms with Crippen molar-refractivity contribution >= 4 is 40.5 Å². The van der Waals surface area contributed by atoms with Crippen LogP contribution < -0.4 is 5.32 Å². The summed E-state index contributed by atoms with van der Waals surface area (Å²) >= 11 is 11.1. The molecule has 1 N–H and O–H groups in total. The highest BCUT2D eigenvalue weighted by molar-refractivity contribution is 7.80. The highest BCUT2D eigenvalue weighted by atomic mass is 35.5. The molecule has 0 fully saturated rings. The molecule has 0 aliphatic rings. The molecule has 0 atom stereocenters. The maximum atomic E-state index is 13.6. The summed E-state index contributed by atoms with van der Waals surface area (Å²) in [6.45, 7) is 6.96. The van der Waals surface area contributed by atoms with E-state index in [2.05, 4.69) is 5.32 Å². The van der Waals surface area contributed by atoms with Crippen LogP contribution in [0.2, 0.25) is 5.02 Å². The fourth-order valence-corrected chi connectivity index (χ4v) is 2.17. The third kappa shape index (κ3) is 5.43. The average Bonchev–Trinajstić information content (AvgIpc) is 2.21. The number of hydrogen-bond donors (Lipinski definition) is 1.